The van der Waals surface area contributed by atoms with Gasteiger partial charge >= 0.3 is 0 Å². The van der Waals surface area contributed by atoms with Crippen LogP contribution in [0.3, 0.4) is 0 Å². The van der Waals surface area contributed by atoms with Gasteiger partial charge in [0.1, 0.15) is 4.90 Å². The number of sulfonamides is 1. The van der Waals surface area contributed by atoms with Crippen LogP contribution in [0.15, 0.2) is 17.3 Å². The Morgan fingerprint density at radius 3 is 2.47 bits per heavy atom. The van der Waals surface area contributed by atoms with E-state index in [-0.39, 0.29) is 10.8 Å². The van der Waals surface area contributed by atoms with Crippen LogP contribution in [0.5, 0.6) is 0 Å². The van der Waals surface area contributed by atoms with E-state index in [2.05, 4.69) is 14.7 Å². The SMILES string of the molecule is CN(C)CCCNS(=O)(=O)c1cnc(N)nc1. The average molecular weight is 259 g/mol. The van der Waals surface area contributed by atoms with Crippen molar-refractivity contribution in [3.63, 3.8) is 0 Å². The summed E-state index contributed by atoms with van der Waals surface area (Å²) in [4.78, 5) is 9.29. The molecule has 1 aromatic heterocycles. The van der Waals surface area contributed by atoms with Crippen molar-refractivity contribution in [3.05, 3.63) is 12.4 Å². The molecule has 0 saturated heterocycles. The van der Waals surface area contributed by atoms with Crippen LogP contribution in [0.2, 0.25) is 0 Å². The largest absolute Gasteiger partial charge is 0.368 e. The van der Waals surface area contributed by atoms with Crippen molar-refractivity contribution in [3.8, 4) is 0 Å². The predicted octanol–water partition coefficient (Wildman–Crippen LogP) is -0.711. The minimum Gasteiger partial charge on any atom is -0.368 e. The number of nitrogens with zero attached hydrogens (tertiary/aromatic N) is 3. The topological polar surface area (TPSA) is 101 Å². The molecule has 0 aliphatic heterocycles. The molecule has 0 amide bonds. The van der Waals surface area contributed by atoms with Gasteiger partial charge in [0.05, 0.1) is 12.4 Å². The highest BCUT2D eigenvalue weighted by atomic mass is 32.2. The average Bonchev–Trinajstić information content (AvgIpc) is 2.25. The summed E-state index contributed by atoms with van der Waals surface area (Å²) in [6.45, 7) is 1.20. The molecule has 0 aliphatic rings. The molecule has 1 aromatic rings. The smallest absolute Gasteiger partial charge is 0.243 e. The Labute approximate surface area is 101 Å². The number of hydrogen-bond acceptors (Lipinski definition) is 6. The van der Waals surface area contributed by atoms with Gasteiger partial charge < -0.3 is 10.6 Å². The van der Waals surface area contributed by atoms with Gasteiger partial charge in [-0.3, -0.25) is 0 Å². The molecule has 1 heterocycles. The van der Waals surface area contributed by atoms with Crippen molar-refractivity contribution < 1.29 is 8.42 Å². The summed E-state index contributed by atoms with van der Waals surface area (Å²) in [5.41, 5.74) is 5.28. The summed E-state index contributed by atoms with van der Waals surface area (Å²) in [7, 11) is 0.342. The molecule has 1 rings (SSSR count). The number of anilines is 1. The van der Waals surface area contributed by atoms with Crippen molar-refractivity contribution in [2.24, 2.45) is 0 Å². The van der Waals surface area contributed by atoms with Crippen molar-refractivity contribution in [1.29, 1.82) is 0 Å². The molecule has 0 saturated carbocycles. The summed E-state index contributed by atoms with van der Waals surface area (Å²) < 4.78 is 26.0. The summed E-state index contributed by atoms with van der Waals surface area (Å²) >= 11 is 0. The lowest BCUT2D eigenvalue weighted by atomic mass is 10.4. The summed E-state index contributed by atoms with van der Waals surface area (Å²) in [5.74, 6) is 0.0524. The fourth-order valence-electron chi connectivity index (χ4n) is 1.15. The van der Waals surface area contributed by atoms with Crippen molar-refractivity contribution in [2.45, 2.75) is 11.3 Å². The number of nitrogen functional groups attached to an aromatic ring is 1. The third-order valence-corrected chi connectivity index (χ3v) is 3.45. The van der Waals surface area contributed by atoms with Gasteiger partial charge in [-0.15, -0.1) is 0 Å². The van der Waals surface area contributed by atoms with Crippen LogP contribution in [0, 0.1) is 0 Å². The van der Waals surface area contributed by atoms with Crippen LogP contribution in [-0.2, 0) is 10.0 Å². The van der Waals surface area contributed by atoms with Crippen LogP contribution in [0.4, 0.5) is 5.95 Å². The van der Waals surface area contributed by atoms with E-state index in [1.54, 1.807) is 0 Å². The summed E-state index contributed by atoms with van der Waals surface area (Å²) in [6, 6.07) is 0. The molecule has 0 aliphatic carbocycles. The monoisotopic (exact) mass is 259 g/mol. The van der Waals surface area contributed by atoms with E-state index in [1.807, 2.05) is 19.0 Å². The van der Waals surface area contributed by atoms with Crippen LogP contribution >= 0.6 is 0 Å². The lowest BCUT2D eigenvalue weighted by Crippen LogP contribution is -2.27. The Morgan fingerprint density at radius 1 is 1.35 bits per heavy atom. The molecule has 3 N–H and O–H groups in total. The molecule has 96 valence electrons. The fourth-order valence-corrected chi connectivity index (χ4v) is 2.11. The number of aromatic nitrogens is 2. The Balaban J connectivity index is 2.54. The van der Waals surface area contributed by atoms with Crippen LogP contribution in [-0.4, -0.2) is 50.5 Å². The molecule has 0 radical (unpaired) electrons. The predicted molar refractivity (Wildman–Crippen MR) is 64.8 cm³/mol. The van der Waals surface area contributed by atoms with Gasteiger partial charge in [0, 0.05) is 6.54 Å². The van der Waals surface area contributed by atoms with E-state index < -0.39 is 10.0 Å². The standard InChI is InChI=1S/C9H17N5O2S/c1-14(2)5-3-4-13-17(15,16)8-6-11-9(10)12-7-8/h6-7,13H,3-5H2,1-2H3,(H2,10,11,12). The second-order valence-electron chi connectivity index (χ2n) is 3.83. The van der Waals surface area contributed by atoms with Gasteiger partial charge in [0.25, 0.3) is 0 Å². The Kier molecular flexibility index (Phi) is 4.79. The van der Waals surface area contributed by atoms with E-state index in [9.17, 15) is 8.42 Å². The third-order valence-electron chi connectivity index (χ3n) is 2.03. The van der Waals surface area contributed by atoms with E-state index in [0.717, 1.165) is 13.0 Å². The highest BCUT2D eigenvalue weighted by Gasteiger charge is 2.13. The molecule has 0 bridgehead atoms. The molecule has 0 unspecified atom stereocenters. The van der Waals surface area contributed by atoms with E-state index in [0.29, 0.717) is 6.54 Å². The lowest BCUT2D eigenvalue weighted by molar-refractivity contribution is 0.400. The molecule has 17 heavy (non-hydrogen) atoms. The quantitative estimate of drug-likeness (QED) is 0.654. The Morgan fingerprint density at radius 2 is 1.94 bits per heavy atom. The summed E-state index contributed by atoms with van der Waals surface area (Å²) in [6.07, 6.45) is 3.12. The maximum atomic E-state index is 11.7. The molecule has 0 aromatic carbocycles. The van der Waals surface area contributed by atoms with Gasteiger partial charge in [0.15, 0.2) is 0 Å². The number of hydrogen-bond donors (Lipinski definition) is 2. The van der Waals surface area contributed by atoms with E-state index in [4.69, 9.17) is 5.73 Å². The number of nitrogens with one attached hydrogen (secondary N) is 1. The molecular weight excluding hydrogens is 242 g/mol. The minimum absolute atomic E-state index is 0.0246. The maximum Gasteiger partial charge on any atom is 0.243 e. The molecule has 0 spiro atoms. The third kappa shape index (κ3) is 4.63. The van der Waals surface area contributed by atoms with Gasteiger partial charge in [-0.25, -0.2) is 23.1 Å². The highest BCUT2D eigenvalue weighted by molar-refractivity contribution is 7.89. The normalized spacial score (nSPS) is 11.9. The zero-order valence-corrected chi connectivity index (χ0v) is 10.7. The van der Waals surface area contributed by atoms with Gasteiger partial charge in [-0.05, 0) is 27.1 Å². The summed E-state index contributed by atoms with van der Waals surface area (Å²) in [5, 5.41) is 0. The van der Waals surface area contributed by atoms with Gasteiger partial charge in [-0.1, -0.05) is 0 Å². The molecular formula is C9H17N5O2S. The highest BCUT2D eigenvalue weighted by Crippen LogP contribution is 2.05. The number of nitrogens with two attached hydrogens (primary N) is 1. The van der Waals surface area contributed by atoms with Gasteiger partial charge in [-0.2, -0.15) is 0 Å². The van der Waals surface area contributed by atoms with Crippen molar-refractivity contribution in [2.75, 3.05) is 32.9 Å². The van der Waals surface area contributed by atoms with E-state index >= 15 is 0 Å². The first kappa shape index (κ1) is 13.8. The van der Waals surface area contributed by atoms with Gasteiger partial charge in [0.2, 0.25) is 16.0 Å². The van der Waals surface area contributed by atoms with Crippen LogP contribution in [0.1, 0.15) is 6.42 Å². The lowest BCUT2D eigenvalue weighted by Gasteiger charge is -2.10. The van der Waals surface area contributed by atoms with Crippen molar-refractivity contribution in [1.82, 2.24) is 19.6 Å². The molecule has 8 heteroatoms. The van der Waals surface area contributed by atoms with Crippen molar-refractivity contribution >= 4 is 16.0 Å². The van der Waals surface area contributed by atoms with E-state index in [1.165, 1.54) is 12.4 Å². The Hall–Kier alpha value is -1.25. The fraction of sp³-hybridized carbons (Fsp3) is 0.556. The molecule has 0 atom stereocenters. The minimum atomic E-state index is -3.52. The molecule has 7 nitrogen and oxygen atoms in total. The maximum absolute atomic E-state index is 11.7. The first-order valence-electron chi connectivity index (χ1n) is 5.14. The number of rotatable bonds is 6. The Bertz CT molecular complexity index is 443. The van der Waals surface area contributed by atoms with Crippen LogP contribution in [0.25, 0.3) is 0 Å². The zero-order chi connectivity index (χ0) is 12.9. The second-order valence-corrected chi connectivity index (χ2v) is 5.60. The second kappa shape index (κ2) is 5.89. The first-order valence-corrected chi connectivity index (χ1v) is 6.62. The first-order chi connectivity index (χ1) is 7.92. The molecule has 0 fully saturated rings. The zero-order valence-electron chi connectivity index (χ0n) is 9.92. The van der Waals surface area contributed by atoms with Crippen LogP contribution < -0.4 is 10.5 Å².